The topological polar surface area (TPSA) is 64.1 Å². The average molecular weight is 277 g/mol. The zero-order valence-electron chi connectivity index (χ0n) is 12.3. The number of esters is 1. The van der Waals surface area contributed by atoms with Gasteiger partial charge in [0.05, 0.1) is 7.11 Å². The Morgan fingerprint density at radius 1 is 1.35 bits per heavy atom. The van der Waals surface area contributed by atoms with E-state index in [1.54, 1.807) is 12.1 Å². The maximum absolute atomic E-state index is 11.3. The fourth-order valence-corrected chi connectivity index (χ4v) is 2.90. The van der Waals surface area contributed by atoms with Gasteiger partial charge in [0.2, 0.25) is 0 Å². The molecule has 0 aliphatic heterocycles. The number of ether oxygens (including phenoxy) is 1. The SMILES string of the molecule is CCC(Nc1ccc(C(=O)OC)nn1)C1CCCCC1. The highest BCUT2D eigenvalue weighted by Gasteiger charge is 2.22. The first kappa shape index (κ1) is 14.8. The molecule has 1 heterocycles. The van der Waals surface area contributed by atoms with Crippen LogP contribution in [0.3, 0.4) is 0 Å². The predicted molar refractivity (Wildman–Crippen MR) is 77.6 cm³/mol. The van der Waals surface area contributed by atoms with Gasteiger partial charge in [-0.25, -0.2) is 4.79 Å². The first-order chi connectivity index (χ1) is 9.74. The number of anilines is 1. The Labute approximate surface area is 120 Å². The summed E-state index contributed by atoms with van der Waals surface area (Å²) in [6.45, 7) is 2.20. The van der Waals surface area contributed by atoms with Gasteiger partial charge in [0.1, 0.15) is 5.82 Å². The number of nitrogens with zero attached hydrogens (tertiary/aromatic N) is 2. The zero-order valence-corrected chi connectivity index (χ0v) is 12.3. The van der Waals surface area contributed by atoms with E-state index >= 15 is 0 Å². The van der Waals surface area contributed by atoms with Gasteiger partial charge >= 0.3 is 5.97 Å². The molecule has 2 rings (SSSR count). The number of methoxy groups -OCH3 is 1. The molecule has 1 aromatic heterocycles. The van der Waals surface area contributed by atoms with Gasteiger partial charge in [-0.3, -0.25) is 0 Å². The van der Waals surface area contributed by atoms with E-state index in [-0.39, 0.29) is 5.69 Å². The molecule has 20 heavy (non-hydrogen) atoms. The molecule has 1 atom stereocenters. The third kappa shape index (κ3) is 3.68. The fourth-order valence-electron chi connectivity index (χ4n) is 2.90. The van der Waals surface area contributed by atoms with E-state index in [1.807, 2.05) is 0 Å². The minimum atomic E-state index is -0.455. The number of nitrogens with one attached hydrogen (secondary N) is 1. The Balaban J connectivity index is 1.98. The molecule has 1 aliphatic rings. The number of carbonyl (C=O) groups is 1. The first-order valence-electron chi connectivity index (χ1n) is 7.43. The molecule has 5 nitrogen and oxygen atoms in total. The van der Waals surface area contributed by atoms with Crippen LogP contribution < -0.4 is 5.32 Å². The van der Waals surface area contributed by atoms with E-state index < -0.39 is 5.97 Å². The largest absolute Gasteiger partial charge is 0.464 e. The number of aromatic nitrogens is 2. The molecular weight excluding hydrogens is 254 g/mol. The summed E-state index contributed by atoms with van der Waals surface area (Å²) in [6.07, 6.45) is 7.68. The molecule has 0 spiro atoms. The lowest BCUT2D eigenvalue weighted by Gasteiger charge is -2.30. The van der Waals surface area contributed by atoms with Crippen LogP contribution in [0.1, 0.15) is 55.9 Å². The van der Waals surface area contributed by atoms with E-state index in [9.17, 15) is 4.79 Å². The predicted octanol–water partition coefficient (Wildman–Crippen LogP) is 3.03. The summed E-state index contributed by atoms with van der Waals surface area (Å²) in [5, 5.41) is 11.4. The summed E-state index contributed by atoms with van der Waals surface area (Å²) < 4.78 is 4.61. The smallest absolute Gasteiger partial charge is 0.358 e. The van der Waals surface area contributed by atoms with Crippen molar-refractivity contribution in [3.8, 4) is 0 Å². The molecule has 1 saturated carbocycles. The van der Waals surface area contributed by atoms with E-state index in [0.717, 1.165) is 18.2 Å². The molecule has 1 aromatic rings. The van der Waals surface area contributed by atoms with Crippen LogP contribution in [0.4, 0.5) is 5.82 Å². The van der Waals surface area contributed by atoms with E-state index in [0.29, 0.717) is 6.04 Å². The van der Waals surface area contributed by atoms with Gasteiger partial charge in [0, 0.05) is 6.04 Å². The summed E-state index contributed by atoms with van der Waals surface area (Å²) in [5.74, 6) is 0.995. The summed E-state index contributed by atoms with van der Waals surface area (Å²) >= 11 is 0. The number of hydrogen-bond acceptors (Lipinski definition) is 5. The van der Waals surface area contributed by atoms with Crippen molar-refractivity contribution in [3.05, 3.63) is 17.8 Å². The summed E-state index contributed by atoms with van der Waals surface area (Å²) in [4.78, 5) is 11.3. The molecule has 0 aromatic carbocycles. The quantitative estimate of drug-likeness (QED) is 0.838. The molecule has 0 bridgehead atoms. The van der Waals surface area contributed by atoms with Crippen molar-refractivity contribution < 1.29 is 9.53 Å². The van der Waals surface area contributed by atoms with Crippen LogP contribution in [-0.2, 0) is 4.74 Å². The van der Waals surface area contributed by atoms with Crippen molar-refractivity contribution in [1.82, 2.24) is 10.2 Å². The van der Waals surface area contributed by atoms with Crippen molar-refractivity contribution in [2.75, 3.05) is 12.4 Å². The summed E-state index contributed by atoms with van der Waals surface area (Å²) in [7, 11) is 1.34. The Bertz CT molecular complexity index is 427. The highest BCUT2D eigenvalue weighted by molar-refractivity contribution is 5.86. The maximum Gasteiger partial charge on any atom is 0.358 e. The molecule has 0 radical (unpaired) electrons. The highest BCUT2D eigenvalue weighted by atomic mass is 16.5. The van der Waals surface area contributed by atoms with Crippen LogP contribution in [0.5, 0.6) is 0 Å². The van der Waals surface area contributed by atoms with Crippen molar-refractivity contribution in [1.29, 1.82) is 0 Å². The molecule has 1 unspecified atom stereocenters. The summed E-state index contributed by atoms with van der Waals surface area (Å²) in [6, 6.07) is 3.88. The van der Waals surface area contributed by atoms with Gasteiger partial charge in [-0.05, 0) is 37.3 Å². The third-order valence-corrected chi connectivity index (χ3v) is 4.05. The van der Waals surface area contributed by atoms with E-state index in [1.165, 1.54) is 39.2 Å². The zero-order chi connectivity index (χ0) is 14.4. The molecule has 110 valence electrons. The van der Waals surface area contributed by atoms with Gasteiger partial charge < -0.3 is 10.1 Å². The van der Waals surface area contributed by atoms with Crippen LogP contribution in [0, 0.1) is 5.92 Å². The van der Waals surface area contributed by atoms with Crippen LogP contribution in [0.2, 0.25) is 0 Å². The third-order valence-electron chi connectivity index (χ3n) is 4.05. The van der Waals surface area contributed by atoms with Crippen LogP contribution in [0.15, 0.2) is 12.1 Å². The molecule has 1 fully saturated rings. The molecule has 1 N–H and O–H groups in total. The Morgan fingerprint density at radius 3 is 2.65 bits per heavy atom. The second kappa shape index (κ2) is 7.22. The Morgan fingerprint density at radius 2 is 2.10 bits per heavy atom. The molecular formula is C15H23N3O2. The highest BCUT2D eigenvalue weighted by Crippen LogP contribution is 2.29. The standard InChI is InChI=1S/C15H23N3O2/c1-3-12(11-7-5-4-6-8-11)16-14-10-9-13(17-18-14)15(19)20-2/h9-12H,3-8H2,1-2H3,(H,16,18). The van der Waals surface area contributed by atoms with Gasteiger partial charge in [-0.1, -0.05) is 26.2 Å². The van der Waals surface area contributed by atoms with Crippen molar-refractivity contribution in [2.24, 2.45) is 5.92 Å². The van der Waals surface area contributed by atoms with Gasteiger partial charge in [-0.15, -0.1) is 10.2 Å². The molecule has 1 aliphatic carbocycles. The lowest BCUT2D eigenvalue weighted by atomic mass is 9.83. The number of carbonyl (C=O) groups excluding carboxylic acids is 1. The van der Waals surface area contributed by atoms with E-state index in [2.05, 4.69) is 27.2 Å². The minimum Gasteiger partial charge on any atom is -0.464 e. The van der Waals surface area contributed by atoms with Crippen molar-refractivity contribution in [3.63, 3.8) is 0 Å². The fraction of sp³-hybridized carbons (Fsp3) is 0.667. The van der Waals surface area contributed by atoms with Crippen molar-refractivity contribution in [2.45, 2.75) is 51.5 Å². The van der Waals surface area contributed by atoms with Gasteiger partial charge in [0.15, 0.2) is 5.69 Å². The number of rotatable bonds is 5. The van der Waals surface area contributed by atoms with Crippen molar-refractivity contribution >= 4 is 11.8 Å². The summed E-state index contributed by atoms with van der Waals surface area (Å²) in [5.41, 5.74) is 0.240. The Hall–Kier alpha value is -1.65. The Kier molecular flexibility index (Phi) is 5.32. The molecule has 0 saturated heterocycles. The average Bonchev–Trinajstić information content (AvgIpc) is 2.53. The minimum absolute atomic E-state index is 0.240. The van der Waals surface area contributed by atoms with E-state index in [4.69, 9.17) is 0 Å². The second-order valence-electron chi connectivity index (χ2n) is 5.35. The first-order valence-corrected chi connectivity index (χ1v) is 7.43. The monoisotopic (exact) mass is 277 g/mol. The lowest BCUT2D eigenvalue weighted by Crippen LogP contribution is -2.30. The normalized spacial score (nSPS) is 17.5. The lowest BCUT2D eigenvalue weighted by molar-refractivity contribution is 0.0593. The van der Waals surface area contributed by atoms with Gasteiger partial charge in [0.25, 0.3) is 0 Å². The van der Waals surface area contributed by atoms with Crippen LogP contribution in [-0.4, -0.2) is 29.3 Å². The number of hydrogen-bond donors (Lipinski definition) is 1. The molecule has 0 amide bonds. The van der Waals surface area contributed by atoms with Gasteiger partial charge in [-0.2, -0.15) is 0 Å². The molecule has 5 heteroatoms. The second-order valence-corrected chi connectivity index (χ2v) is 5.35. The maximum atomic E-state index is 11.3. The van der Waals surface area contributed by atoms with Crippen LogP contribution in [0.25, 0.3) is 0 Å². The van der Waals surface area contributed by atoms with Crippen LogP contribution >= 0.6 is 0 Å².